The molecule has 1 fully saturated rings. The molecular formula is C38H31NO7. The van der Waals surface area contributed by atoms with E-state index in [-0.39, 0.29) is 53.5 Å². The van der Waals surface area contributed by atoms with Crippen molar-refractivity contribution in [2.75, 3.05) is 11.5 Å². The van der Waals surface area contributed by atoms with Crippen LogP contribution in [0.15, 0.2) is 107 Å². The average molecular weight is 614 g/mol. The van der Waals surface area contributed by atoms with Crippen LogP contribution in [0.4, 0.5) is 5.69 Å². The first-order valence-corrected chi connectivity index (χ1v) is 15.4. The predicted molar refractivity (Wildman–Crippen MR) is 169 cm³/mol. The van der Waals surface area contributed by atoms with E-state index < -0.39 is 23.7 Å². The van der Waals surface area contributed by atoms with Crippen molar-refractivity contribution in [3.05, 3.63) is 124 Å². The van der Waals surface area contributed by atoms with Crippen LogP contribution < -0.4 is 9.64 Å². The van der Waals surface area contributed by atoms with Crippen molar-refractivity contribution in [3.63, 3.8) is 0 Å². The van der Waals surface area contributed by atoms with Crippen molar-refractivity contribution in [2.24, 2.45) is 17.8 Å². The molecule has 1 saturated heterocycles. The minimum atomic E-state index is -0.781. The SMILES string of the molecule is CCOc1cccc([C@H]2C3=CC[C@@H]4C(=O)N(c5ccc(C(=O)c6ccccc6)cc5)C(=O)[C@@H]4[C@@H]3CC3=C2C(=O)C=C(C)C3=O)c1O. The zero-order valence-electron chi connectivity index (χ0n) is 25.4. The molecule has 3 aliphatic carbocycles. The van der Waals surface area contributed by atoms with E-state index in [1.807, 2.05) is 12.1 Å². The Hall–Kier alpha value is -5.37. The second-order valence-corrected chi connectivity index (χ2v) is 12.1. The topological polar surface area (TPSA) is 118 Å². The molecular weight excluding hydrogens is 582 g/mol. The number of Topliss-reactive ketones (excluding diaryl/α,β-unsaturated/α-hetero) is 1. The zero-order valence-corrected chi connectivity index (χ0v) is 25.4. The van der Waals surface area contributed by atoms with Crippen LogP contribution in [0.25, 0.3) is 0 Å². The number of benzene rings is 3. The van der Waals surface area contributed by atoms with E-state index in [4.69, 9.17) is 4.74 Å². The third-order valence-corrected chi connectivity index (χ3v) is 9.63. The summed E-state index contributed by atoms with van der Waals surface area (Å²) in [6.07, 6.45) is 3.65. The smallest absolute Gasteiger partial charge is 0.238 e. The lowest BCUT2D eigenvalue weighted by atomic mass is 9.59. The fraction of sp³-hybridized carbons (Fsp3) is 0.237. The number of hydrogen-bond donors (Lipinski definition) is 1. The van der Waals surface area contributed by atoms with Gasteiger partial charge in [-0.1, -0.05) is 54.1 Å². The minimum absolute atomic E-state index is 0.128. The molecule has 46 heavy (non-hydrogen) atoms. The molecule has 2 amide bonds. The summed E-state index contributed by atoms with van der Waals surface area (Å²) in [4.78, 5) is 69.3. The number of phenolic OH excluding ortho intramolecular Hbond substituents is 1. The molecule has 230 valence electrons. The summed E-state index contributed by atoms with van der Waals surface area (Å²) in [6, 6.07) is 20.4. The van der Waals surface area contributed by atoms with Gasteiger partial charge < -0.3 is 9.84 Å². The van der Waals surface area contributed by atoms with Gasteiger partial charge >= 0.3 is 0 Å². The van der Waals surface area contributed by atoms with Gasteiger partial charge in [0.25, 0.3) is 0 Å². The lowest BCUT2D eigenvalue weighted by Gasteiger charge is -2.42. The molecule has 0 spiro atoms. The number of ketones is 3. The van der Waals surface area contributed by atoms with Gasteiger partial charge in [0.05, 0.1) is 24.1 Å². The number of hydrogen-bond acceptors (Lipinski definition) is 7. The summed E-state index contributed by atoms with van der Waals surface area (Å²) in [7, 11) is 0. The van der Waals surface area contributed by atoms with Crippen molar-refractivity contribution in [2.45, 2.75) is 32.6 Å². The van der Waals surface area contributed by atoms with Crippen molar-refractivity contribution in [1.82, 2.24) is 0 Å². The Morgan fingerprint density at radius 1 is 0.891 bits per heavy atom. The molecule has 1 aliphatic heterocycles. The fourth-order valence-electron chi connectivity index (χ4n) is 7.55. The van der Waals surface area contributed by atoms with Crippen LogP contribution in [0.3, 0.4) is 0 Å². The number of anilines is 1. The van der Waals surface area contributed by atoms with Gasteiger partial charge in [-0.2, -0.15) is 0 Å². The Morgan fingerprint density at radius 3 is 2.33 bits per heavy atom. The number of carbonyl (C=O) groups is 5. The van der Waals surface area contributed by atoms with Gasteiger partial charge in [-0.25, -0.2) is 0 Å². The first-order valence-electron chi connectivity index (χ1n) is 15.4. The summed E-state index contributed by atoms with van der Waals surface area (Å²) in [6.45, 7) is 3.71. The molecule has 8 heteroatoms. The van der Waals surface area contributed by atoms with Crippen LogP contribution in [-0.2, 0) is 19.2 Å². The Morgan fingerprint density at radius 2 is 1.61 bits per heavy atom. The number of amides is 2. The van der Waals surface area contributed by atoms with Crippen LogP contribution in [0, 0.1) is 17.8 Å². The average Bonchev–Trinajstić information content (AvgIpc) is 3.33. The van der Waals surface area contributed by atoms with Crippen molar-refractivity contribution < 1.29 is 33.8 Å². The number of imide groups is 1. The number of phenols is 1. The third-order valence-electron chi connectivity index (χ3n) is 9.63. The van der Waals surface area contributed by atoms with Crippen LogP contribution in [0.5, 0.6) is 11.5 Å². The van der Waals surface area contributed by atoms with Crippen molar-refractivity contribution in [3.8, 4) is 11.5 Å². The number of ether oxygens (including phenoxy) is 1. The highest BCUT2D eigenvalue weighted by atomic mass is 16.5. The van der Waals surface area contributed by atoms with Crippen LogP contribution in [0.1, 0.15) is 54.1 Å². The minimum Gasteiger partial charge on any atom is -0.504 e. The van der Waals surface area contributed by atoms with Gasteiger partial charge in [0, 0.05) is 39.3 Å². The maximum atomic E-state index is 14.2. The highest BCUT2D eigenvalue weighted by Gasteiger charge is 2.57. The predicted octanol–water partition coefficient (Wildman–Crippen LogP) is 5.66. The van der Waals surface area contributed by atoms with Gasteiger partial charge in [-0.15, -0.1) is 0 Å². The molecule has 3 aromatic rings. The van der Waals surface area contributed by atoms with Gasteiger partial charge in [0.2, 0.25) is 11.8 Å². The first kappa shape index (κ1) is 29.3. The van der Waals surface area contributed by atoms with E-state index in [1.165, 1.54) is 11.0 Å². The molecule has 4 atom stereocenters. The summed E-state index contributed by atoms with van der Waals surface area (Å²) in [5.41, 5.74) is 3.42. The molecule has 0 radical (unpaired) electrons. The van der Waals surface area contributed by atoms with Crippen LogP contribution >= 0.6 is 0 Å². The normalized spacial score (nSPS) is 23.8. The number of para-hydroxylation sites is 1. The molecule has 4 aliphatic rings. The maximum absolute atomic E-state index is 14.2. The Balaban J connectivity index is 1.27. The summed E-state index contributed by atoms with van der Waals surface area (Å²) >= 11 is 0. The summed E-state index contributed by atoms with van der Waals surface area (Å²) < 4.78 is 5.64. The van der Waals surface area contributed by atoms with Gasteiger partial charge in [0.15, 0.2) is 28.8 Å². The molecule has 7 rings (SSSR count). The summed E-state index contributed by atoms with van der Waals surface area (Å²) in [5, 5.41) is 11.3. The number of fused-ring (bicyclic) bond motifs is 3. The van der Waals surface area contributed by atoms with Crippen LogP contribution in [0.2, 0.25) is 0 Å². The number of aromatic hydroxyl groups is 1. The van der Waals surface area contributed by atoms with E-state index in [0.29, 0.717) is 45.7 Å². The quantitative estimate of drug-likeness (QED) is 0.165. The molecule has 1 heterocycles. The molecule has 0 aromatic heterocycles. The number of rotatable bonds is 6. The second kappa shape index (κ2) is 11.2. The summed E-state index contributed by atoms with van der Waals surface area (Å²) in [5.74, 6) is -4.07. The molecule has 3 aromatic carbocycles. The van der Waals surface area contributed by atoms with E-state index >= 15 is 0 Å². The lowest BCUT2D eigenvalue weighted by molar-refractivity contribution is -0.123. The lowest BCUT2D eigenvalue weighted by Crippen LogP contribution is -2.39. The van der Waals surface area contributed by atoms with Crippen molar-refractivity contribution >= 4 is 34.9 Å². The standard InChI is InChI=1S/C38H31NO7/c1-3-46-30-11-7-10-25(36(30)43)31-24-16-17-26-32(27(24)19-28-33(31)29(40)18-20(2)34(28)41)38(45)39(37(26)44)23-14-12-22(13-15-23)35(42)21-8-5-4-6-9-21/h4-16,18,26-27,31-32,43H,3,17,19H2,1-2H3/t26-,27+,31+,32-/m0/s1. The van der Waals surface area contributed by atoms with E-state index in [0.717, 1.165) is 5.57 Å². The maximum Gasteiger partial charge on any atom is 0.238 e. The first-order chi connectivity index (χ1) is 22.2. The molecule has 0 unspecified atom stereocenters. The zero-order chi connectivity index (χ0) is 32.3. The van der Waals surface area contributed by atoms with Gasteiger partial charge in [-0.3, -0.25) is 28.9 Å². The Labute approximate surface area is 265 Å². The van der Waals surface area contributed by atoms with Gasteiger partial charge in [0.1, 0.15) is 0 Å². The van der Waals surface area contributed by atoms with E-state index in [1.54, 1.807) is 80.6 Å². The molecule has 0 bridgehead atoms. The number of nitrogens with zero attached hydrogens (tertiary/aromatic N) is 1. The molecule has 0 saturated carbocycles. The third kappa shape index (κ3) is 4.47. The Kier molecular flexibility index (Phi) is 7.15. The largest absolute Gasteiger partial charge is 0.504 e. The van der Waals surface area contributed by atoms with E-state index in [2.05, 4.69) is 0 Å². The second-order valence-electron chi connectivity index (χ2n) is 12.1. The van der Waals surface area contributed by atoms with E-state index in [9.17, 15) is 29.1 Å². The number of allylic oxidation sites excluding steroid dienone is 6. The fourth-order valence-corrected chi connectivity index (χ4v) is 7.55. The number of carbonyl (C=O) groups excluding carboxylic acids is 5. The Bertz CT molecular complexity index is 1930. The van der Waals surface area contributed by atoms with Gasteiger partial charge in [-0.05, 0) is 69.0 Å². The molecule has 8 nitrogen and oxygen atoms in total. The highest BCUT2D eigenvalue weighted by Crippen LogP contribution is 2.57. The van der Waals surface area contributed by atoms with Crippen LogP contribution in [-0.4, -0.2) is 40.9 Å². The molecule has 1 N–H and O–H groups in total. The van der Waals surface area contributed by atoms with Crippen molar-refractivity contribution in [1.29, 1.82) is 0 Å². The monoisotopic (exact) mass is 613 g/mol. The highest BCUT2D eigenvalue weighted by molar-refractivity contribution is 6.25.